The summed E-state index contributed by atoms with van der Waals surface area (Å²) >= 11 is 0. The number of rotatable bonds is 5. The molecule has 0 saturated heterocycles. The quantitative estimate of drug-likeness (QED) is 0.180. The molecule has 0 saturated carbocycles. The van der Waals surface area contributed by atoms with Gasteiger partial charge in [-0.2, -0.15) is 0 Å². The van der Waals surface area contributed by atoms with E-state index in [0.29, 0.717) is 0 Å². The van der Waals surface area contributed by atoms with E-state index in [-0.39, 0.29) is 5.41 Å². The van der Waals surface area contributed by atoms with Gasteiger partial charge in [-0.05, 0) is 92.7 Å². The van der Waals surface area contributed by atoms with Gasteiger partial charge < -0.3 is 9.47 Å². The Labute approximate surface area is 298 Å². The summed E-state index contributed by atoms with van der Waals surface area (Å²) in [7, 11) is 0. The van der Waals surface area contributed by atoms with E-state index in [1.165, 1.54) is 66.0 Å². The molecular formula is C49H36N2. The van der Waals surface area contributed by atoms with Gasteiger partial charge in [-0.3, -0.25) is 0 Å². The number of fused-ring (bicyclic) bond motifs is 7. The summed E-state index contributed by atoms with van der Waals surface area (Å²) in [6, 6.07) is 66.7. The molecule has 0 fully saturated rings. The van der Waals surface area contributed by atoms with E-state index in [1.54, 1.807) is 0 Å². The zero-order chi connectivity index (χ0) is 34.1. The van der Waals surface area contributed by atoms with Crippen LogP contribution in [0.15, 0.2) is 182 Å². The molecule has 1 heterocycles. The van der Waals surface area contributed by atoms with Crippen molar-refractivity contribution in [3.8, 4) is 27.9 Å². The van der Waals surface area contributed by atoms with Crippen molar-refractivity contribution in [3.63, 3.8) is 0 Å². The molecule has 0 spiro atoms. The van der Waals surface area contributed by atoms with Crippen LogP contribution in [0, 0.1) is 0 Å². The predicted molar refractivity (Wildman–Crippen MR) is 216 cm³/mol. The highest BCUT2D eigenvalue weighted by molar-refractivity contribution is 6.10. The first-order valence-electron chi connectivity index (χ1n) is 17.8. The summed E-state index contributed by atoms with van der Waals surface area (Å²) in [5.74, 6) is 0. The molecule has 2 nitrogen and oxygen atoms in total. The van der Waals surface area contributed by atoms with Crippen LogP contribution in [0.2, 0.25) is 0 Å². The molecule has 2 heteroatoms. The fourth-order valence-electron chi connectivity index (χ4n) is 8.56. The maximum atomic E-state index is 2.46. The maximum absolute atomic E-state index is 2.46. The number of hydrogen-bond donors (Lipinski definition) is 0. The van der Waals surface area contributed by atoms with Crippen LogP contribution in [0.25, 0.3) is 60.5 Å². The Morgan fingerprint density at radius 1 is 0.451 bits per heavy atom. The first-order chi connectivity index (χ1) is 25.1. The monoisotopic (exact) mass is 652 g/mol. The van der Waals surface area contributed by atoms with Crippen LogP contribution >= 0.6 is 0 Å². The predicted octanol–water partition coefficient (Wildman–Crippen LogP) is 13.4. The molecule has 0 unspecified atom stereocenters. The molecule has 0 N–H and O–H groups in total. The first kappa shape index (κ1) is 29.5. The summed E-state index contributed by atoms with van der Waals surface area (Å²) in [5, 5.41) is 4.96. The molecule has 1 aromatic heterocycles. The molecule has 8 aromatic carbocycles. The van der Waals surface area contributed by atoms with Crippen molar-refractivity contribution in [2.75, 3.05) is 4.90 Å². The lowest BCUT2D eigenvalue weighted by atomic mass is 9.82. The molecule has 0 atom stereocenters. The first-order valence-corrected chi connectivity index (χ1v) is 17.8. The third-order valence-electron chi connectivity index (χ3n) is 11.0. The Balaban J connectivity index is 1.26. The molecule has 242 valence electrons. The van der Waals surface area contributed by atoms with Gasteiger partial charge in [-0.25, -0.2) is 0 Å². The van der Waals surface area contributed by atoms with E-state index in [2.05, 4.69) is 205 Å². The topological polar surface area (TPSA) is 8.17 Å². The Morgan fingerprint density at radius 3 is 1.86 bits per heavy atom. The van der Waals surface area contributed by atoms with Crippen LogP contribution in [0.4, 0.5) is 17.1 Å². The molecule has 10 rings (SSSR count). The van der Waals surface area contributed by atoms with Crippen LogP contribution < -0.4 is 4.90 Å². The van der Waals surface area contributed by atoms with Crippen molar-refractivity contribution in [3.05, 3.63) is 193 Å². The Bertz CT molecular complexity index is 2730. The molecule has 51 heavy (non-hydrogen) atoms. The van der Waals surface area contributed by atoms with E-state index >= 15 is 0 Å². The van der Waals surface area contributed by atoms with Gasteiger partial charge in [-0.1, -0.05) is 147 Å². The van der Waals surface area contributed by atoms with Gasteiger partial charge in [0.2, 0.25) is 0 Å². The van der Waals surface area contributed by atoms with Crippen LogP contribution in [-0.2, 0) is 5.41 Å². The number of nitrogens with zero attached hydrogens (tertiary/aromatic N) is 2. The smallest absolute Gasteiger partial charge is 0.0702 e. The van der Waals surface area contributed by atoms with E-state index in [1.807, 2.05) is 0 Å². The SMILES string of the molecule is CC1(C)c2ccc(N(c3ccc4ccccc4c3)c3ccccc3-n3c4ccccc4c4ccccc43)cc2-c2c(-c3ccccc3)cccc21. The number of benzene rings is 8. The molecule has 0 amide bonds. The van der Waals surface area contributed by atoms with Crippen LogP contribution in [0.3, 0.4) is 0 Å². The summed E-state index contributed by atoms with van der Waals surface area (Å²) in [6.45, 7) is 4.73. The van der Waals surface area contributed by atoms with E-state index in [0.717, 1.165) is 22.7 Å². The number of aromatic nitrogens is 1. The molecule has 1 aliphatic carbocycles. The van der Waals surface area contributed by atoms with Crippen LogP contribution in [-0.4, -0.2) is 4.57 Å². The number of para-hydroxylation sites is 4. The Hall–Kier alpha value is -6.38. The van der Waals surface area contributed by atoms with Gasteiger partial charge >= 0.3 is 0 Å². The number of hydrogen-bond acceptors (Lipinski definition) is 1. The van der Waals surface area contributed by atoms with E-state index in [4.69, 9.17) is 0 Å². The fourth-order valence-corrected chi connectivity index (χ4v) is 8.56. The van der Waals surface area contributed by atoms with E-state index < -0.39 is 0 Å². The third kappa shape index (κ3) is 4.50. The summed E-state index contributed by atoms with van der Waals surface area (Å²) in [5.41, 5.74) is 14.7. The van der Waals surface area contributed by atoms with Gasteiger partial charge in [0.15, 0.2) is 0 Å². The lowest BCUT2D eigenvalue weighted by Gasteiger charge is -2.29. The molecule has 0 bridgehead atoms. The highest BCUT2D eigenvalue weighted by Gasteiger charge is 2.37. The zero-order valence-electron chi connectivity index (χ0n) is 28.7. The maximum Gasteiger partial charge on any atom is 0.0702 e. The summed E-state index contributed by atoms with van der Waals surface area (Å²) < 4.78 is 2.44. The molecule has 9 aromatic rings. The average Bonchev–Trinajstić information content (AvgIpc) is 3.64. The Kier molecular flexibility index (Phi) is 6.56. The van der Waals surface area contributed by atoms with Crippen LogP contribution in [0.5, 0.6) is 0 Å². The summed E-state index contributed by atoms with van der Waals surface area (Å²) in [4.78, 5) is 2.46. The molecule has 0 radical (unpaired) electrons. The van der Waals surface area contributed by atoms with Gasteiger partial charge in [0.1, 0.15) is 0 Å². The number of anilines is 3. The standard InChI is InChI=1S/C49H36N2/c1-49(2)42-30-29-37(32-41(42)48-38(21-14-22-43(48)49)34-16-4-3-5-17-34)50(36-28-27-33-15-6-7-18-35(33)31-36)46-25-12-13-26-47(46)51-44-23-10-8-19-39(44)40-20-9-11-24-45(40)51/h3-32H,1-2H3. The van der Waals surface area contributed by atoms with Gasteiger partial charge in [-0.15, -0.1) is 0 Å². The summed E-state index contributed by atoms with van der Waals surface area (Å²) in [6.07, 6.45) is 0. The van der Waals surface area contributed by atoms with Crippen molar-refractivity contribution in [1.82, 2.24) is 4.57 Å². The highest BCUT2D eigenvalue weighted by Crippen LogP contribution is 2.54. The minimum atomic E-state index is -0.122. The minimum Gasteiger partial charge on any atom is -0.308 e. The molecular weight excluding hydrogens is 617 g/mol. The normalized spacial score (nSPS) is 13.1. The van der Waals surface area contributed by atoms with Crippen molar-refractivity contribution in [1.29, 1.82) is 0 Å². The van der Waals surface area contributed by atoms with Gasteiger partial charge in [0.25, 0.3) is 0 Å². The van der Waals surface area contributed by atoms with Crippen LogP contribution in [0.1, 0.15) is 25.0 Å². The molecule has 0 aliphatic heterocycles. The highest BCUT2D eigenvalue weighted by atomic mass is 15.2. The Morgan fingerprint density at radius 2 is 1.08 bits per heavy atom. The third-order valence-corrected chi connectivity index (χ3v) is 11.0. The fraction of sp³-hybridized carbons (Fsp3) is 0.0612. The van der Waals surface area contributed by atoms with Gasteiger partial charge in [0.05, 0.1) is 22.4 Å². The minimum absolute atomic E-state index is 0.122. The average molecular weight is 653 g/mol. The largest absolute Gasteiger partial charge is 0.308 e. The second-order valence-electron chi connectivity index (χ2n) is 14.2. The zero-order valence-corrected chi connectivity index (χ0v) is 28.7. The molecule has 1 aliphatic rings. The lowest BCUT2D eigenvalue weighted by molar-refractivity contribution is 0.660. The van der Waals surface area contributed by atoms with Crippen molar-refractivity contribution in [2.24, 2.45) is 0 Å². The lowest BCUT2D eigenvalue weighted by Crippen LogP contribution is -2.16. The van der Waals surface area contributed by atoms with E-state index in [9.17, 15) is 0 Å². The second-order valence-corrected chi connectivity index (χ2v) is 14.2. The van der Waals surface area contributed by atoms with Crippen molar-refractivity contribution in [2.45, 2.75) is 19.3 Å². The van der Waals surface area contributed by atoms with Crippen molar-refractivity contribution < 1.29 is 0 Å². The van der Waals surface area contributed by atoms with Gasteiger partial charge in [0, 0.05) is 27.6 Å². The second kappa shape index (κ2) is 11.3. The van der Waals surface area contributed by atoms with Crippen molar-refractivity contribution >= 4 is 49.6 Å².